The third-order valence-corrected chi connectivity index (χ3v) is 4.80. The molecule has 84 valence electrons. The van der Waals surface area contributed by atoms with Crippen molar-refractivity contribution in [2.75, 3.05) is 6.54 Å². The molecular weight excluding hydrogens is 205 g/mol. The Morgan fingerprint density at radius 3 is 2.56 bits per heavy atom. The van der Waals surface area contributed by atoms with Crippen molar-refractivity contribution in [3.63, 3.8) is 0 Å². The van der Waals surface area contributed by atoms with Gasteiger partial charge < -0.3 is 10.0 Å². The van der Waals surface area contributed by atoms with Gasteiger partial charge in [0.25, 0.3) is 0 Å². The molecule has 4 nitrogen and oxygen atoms in total. The smallest absolute Gasteiger partial charge is 0.326 e. The molecule has 1 saturated heterocycles. The third-order valence-electron chi connectivity index (χ3n) is 4.80. The van der Waals surface area contributed by atoms with Crippen LogP contribution in [-0.2, 0) is 4.79 Å². The molecule has 1 N–H and O–H groups in total. The van der Waals surface area contributed by atoms with Crippen LogP contribution in [0.5, 0.6) is 0 Å². The average molecular weight is 219 g/mol. The van der Waals surface area contributed by atoms with E-state index in [-0.39, 0.29) is 5.92 Å². The maximum atomic E-state index is 11.3. The highest BCUT2D eigenvalue weighted by Crippen LogP contribution is 2.57. The number of carboxylic acid groups (broad SMARTS) is 1. The molecular formula is C11H14BNO3. The van der Waals surface area contributed by atoms with Crippen molar-refractivity contribution in [2.45, 2.75) is 25.3 Å². The van der Waals surface area contributed by atoms with Crippen LogP contribution >= 0.6 is 0 Å². The zero-order valence-electron chi connectivity index (χ0n) is 9.00. The summed E-state index contributed by atoms with van der Waals surface area (Å²) in [6.07, 6.45) is 3.48. The summed E-state index contributed by atoms with van der Waals surface area (Å²) in [4.78, 5) is 23.9. The molecule has 1 heterocycles. The van der Waals surface area contributed by atoms with Crippen LogP contribution in [0.2, 0.25) is 0 Å². The van der Waals surface area contributed by atoms with Crippen molar-refractivity contribution in [1.29, 1.82) is 0 Å². The van der Waals surface area contributed by atoms with Crippen LogP contribution in [-0.4, -0.2) is 42.2 Å². The summed E-state index contributed by atoms with van der Waals surface area (Å²) in [6.45, 7) is 0.554. The van der Waals surface area contributed by atoms with Gasteiger partial charge in [0.2, 0.25) is 7.85 Å². The Labute approximate surface area is 95.4 Å². The second-order valence-electron chi connectivity index (χ2n) is 5.35. The lowest BCUT2D eigenvalue weighted by atomic mass is 9.78. The van der Waals surface area contributed by atoms with Gasteiger partial charge in [-0.15, -0.1) is 0 Å². The molecule has 0 spiro atoms. The quantitative estimate of drug-likeness (QED) is 0.660. The standard InChI is InChI=1S/C11H14BNO3/c12-11(16)13-4-7-5-1-2-6(3-5)8(7)9(13)10(14)15/h5-9H,1-4H2,(H,14,15). The summed E-state index contributed by atoms with van der Waals surface area (Å²) in [6, 6.07) is -0.669. The fourth-order valence-electron chi connectivity index (χ4n) is 4.29. The molecule has 1 amide bonds. The fraction of sp³-hybridized carbons (Fsp3) is 0.818. The van der Waals surface area contributed by atoms with Crippen LogP contribution in [0.25, 0.3) is 0 Å². The van der Waals surface area contributed by atoms with Gasteiger partial charge in [0.15, 0.2) is 5.81 Å². The molecule has 2 saturated carbocycles. The van der Waals surface area contributed by atoms with Gasteiger partial charge in [0.1, 0.15) is 6.04 Å². The minimum atomic E-state index is -0.890. The zero-order valence-corrected chi connectivity index (χ0v) is 9.00. The number of likely N-dealkylation sites (tertiary alicyclic amines) is 1. The molecule has 5 heteroatoms. The van der Waals surface area contributed by atoms with Crippen molar-refractivity contribution < 1.29 is 14.7 Å². The minimum Gasteiger partial charge on any atom is -0.480 e. The fourth-order valence-corrected chi connectivity index (χ4v) is 4.29. The largest absolute Gasteiger partial charge is 0.480 e. The number of carboxylic acids is 1. The van der Waals surface area contributed by atoms with E-state index in [2.05, 4.69) is 0 Å². The summed E-state index contributed by atoms with van der Waals surface area (Å²) in [7, 11) is 5.26. The molecule has 3 aliphatic rings. The van der Waals surface area contributed by atoms with E-state index in [0.29, 0.717) is 24.3 Å². The van der Waals surface area contributed by atoms with E-state index in [9.17, 15) is 14.7 Å². The minimum absolute atomic E-state index is 0.156. The first kappa shape index (κ1) is 10.2. The molecule has 5 atom stereocenters. The van der Waals surface area contributed by atoms with E-state index in [1.807, 2.05) is 0 Å². The number of nitrogens with zero attached hydrogens (tertiary/aromatic N) is 1. The molecule has 1 aliphatic heterocycles. The number of hydrogen-bond donors (Lipinski definition) is 1. The highest BCUT2D eigenvalue weighted by atomic mass is 16.4. The zero-order chi connectivity index (χ0) is 11.4. The summed E-state index contributed by atoms with van der Waals surface area (Å²) >= 11 is 0. The Morgan fingerprint density at radius 2 is 1.94 bits per heavy atom. The lowest BCUT2D eigenvalue weighted by Crippen LogP contribution is -2.44. The molecule has 16 heavy (non-hydrogen) atoms. The summed E-state index contributed by atoms with van der Waals surface area (Å²) in [5, 5.41) is 9.26. The van der Waals surface area contributed by atoms with Crippen LogP contribution in [0.1, 0.15) is 19.3 Å². The number of hydrogen-bond acceptors (Lipinski definition) is 2. The summed E-state index contributed by atoms with van der Waals surface area (Å²) < 4.78 is 0. The van der Waals surface area contributed by atoms with Gasteiger partial charge in [-0.2, -0.15) is 0 Å². The van der Waals surface area contributed by atoms with Crippen LogP contribution in [0.15, 0.2) is 0 Å². The normalized spacial score (nSPS) is 44.8. The number of amides is 1. The second-order valence-corrected chi connectivity index (χ2v) is 5.35. The van der Waals surface area contributed by atoms with Gasteiger partial charge in [-0.1, -0.05) is 0 Å². The Bertz CT molecular complexity index is 359. The number of aliphatic carboxylic acids is 1. The van der Waals surface area contributed by atoms with E-state index in [4.69, 9.17) is 7.85 Å². The van der Waals surface area contributed by atoms with Crippen LogP contribution < -0.4 is 0 Å². The van der Waals surface area contributed by atoms with E-state index in [1.165, 1.54) is 11.3 Å². The molecule has 2 bridgehead atoms. The molecule has 2 aliphatic carbocycles. The number of carbonyl (C=O) groups excluding carboxylic acids is 1. The van der Waals surface area contributed by atoms with Crippen LogP contribution in [0.4, 0.5) is 4.79 Å². The van der Waals surface area contributed by atoms with E-state index >= 15 is 0 Å². The Hall–Kier alpha value is -0.995. The van der Waals surface area contributed by atoms with Crippen LogP contribution in [0.3, 0.4) is 0 Å². The first-order valence-corrected chi connectivity index (χ1v) is 5.88. The number of rotatable bonds is 1. The van der Waals surface area contributed by atoms with Gasteiger partial charge in [0, 0.05) is 6.54 Å². The van der Waals surface area contributed by atoms with Gasteiger partial charge in [-0.3, -0.25) is 4.79 Å². The molecule has 0 aromatic carbocycles. The topological polar surface area (TPSA) is 57.6 Å². The molecule has 0 aromatic rings. The maximum Gasteiger partial charge on any atom is 0.326 e. The Kier molecular flexibility index (Phi) is 2.07. The Balaban J connectivity index is 1.93. The van der Waals surface area contributed by atoms with Gasteiger partial charge >= 0.3 is 5.97 Å². The lowest BCUT2D eigenvalue weighted by molar-refractivity contribution is -0.143. The van der Waals surface area contributed by atoms with Gasteiger partial charge in [0.05, 0.1) is 0 Å². The SMILES string of the molecule is [B]C(=O)N1CC2C3CCC(C3)C2C1C(=O)O. The van der Waals surface area contributed by atoms with Gasteiger partial charge in [-0.25, -0.2) is 4.79 Å². The van der Waals surface area contributed by atoms with Crippen molar-refractivity contribution in [2.24, 2.45) is 23.7 Å². The molecule has 3 fully saturated rings. The predicted molar refractivity (Wildman–Crippen MR) is 57.1 cm³/mol. The summed E-state index contributed by atoms with van der Waals surface area (Å²) in [5.74, 6) is 0.192. The summed E-state index contributed by atoms with van der Waals surface area (Å²) in [5.41, 5.74) is 0. The lowest BCUT2D eigenvalue weighted by Gasteiger charge is -2.27. The van der Waals surface area contributed by atoms with Crippen molar-refractivity contribution in [3.05, 3.63) is 0 Å². The predicted octanol–water partition coefficient (Wildman–Crippen LogP) is 0.706. The highest BCUT2D eigenvalue weighted by molar-refractivity contribution is 6.57. The maximum absolute atomic E-state index is 11.3. The van der Waals surface area contributed by atoms with E-state index in [1.54, 1.807) is 0 Å². The number of carbonyl (C=O) groups is 2. The molecule has 2 radical (unpaired) electrons. The first-order valence-electron chi connectivity index (χ1n) is 5.88. The first-order chi connectivity index (χ1) is 7.59. The van der Waals surface area contributed by atoms with Crippen molar-refractivity contribution >= 4 is 19.6 Å². The highest BCUT2D eigenvalue weighted by Gasteiger charge is 2.58. The molecule has 0 aromatic heterocycles. The number of fused-ring (bicyclic) bond motifs is 5. The van der Waals surface area contributed by atoms with Crippen molar-refractivity contribution in [1.82, 2.24) is 4.90 Å². The second kappa shape index (κ2) is 3.25. The van der Waals surface area contributed by atoms with E-state index < -0.39 is 17.8 Å². The van der Waals surface area contributed by atoms with E-state index in [0.717, 1.165) is 12.8 Å². The van der Waals surface area contributed by atoms with Crippen molar-refractivity contribution in [3.8, 4) is 0 Å². The monoisotopic (exact) mass is 219 g/mol. The van der Waals surface area contributed by atoms with Gasteiger partial charge in [-0.05, 0) is 42.9 Å². The Morgan fingerprint density at radius 1 is 1.25 bits per heavy atom. The molecule has 5 unspecified atom stereocenters. The van der Waals surface area contributed by atoms with Crippen LogP contribution in [0, 0.1) is 23.7 Å². The average Bonchev–Trinajstić information content (AvgIpc) is 2.87. The third kappa shape index (κ3) is 1.17. The molecule has 3 rings (SSSR count).